The Bertz CT molecular complexity index is 1220. The van der Waals surface area contributed by atoms with Crippen LogP contribution < -0.4 is 16.0 Å². The highest BCUT2D eigenvalue weighted by Gasteiger charge is 2.13. The number of aromatic nitrogens is 2. The maximum Gasteiger partial charge on any atom is 0.251 e. The van der Waals surface area contributed by atoms with E-state index >= 15 is 0 Å². The number of nitrogens with zero attached hydrogens (tertiary/aromatic N) is 2. The van der Waals surface area contributed by atoms with Gasteiger partial charge in [0.25, 0.3) is 5.91 Å². The summed E-state index contributed by atoms with van der Waals surface area (Å²) in [5, 5.41) is 11.9. The van der Waals surface area contributed by atoms with Crippen LogP contribution in [0.15, 0.2) is 66.3 Å². The summed E-state index contributed by atoms with van der Waals surface area (Å²) in [7, 11) is 0. The SMILES string of the molecule is CC(=O)Nc1cccc(C(=O)NCCNc2ncnc3scc(-c4ccccc4)c23)c1. The van der Waals surface area contributed by atoms with Gasteiger partial charge in [-0.1, -0.05) is 36.4 Å². The first kappa shape index (κ1) is 20.5. The molecule has 0 unspecified atom stereocenters. The zero-order chi connectivity index (χ0) is 21.6. The van der Waals surface area contributed by atoms with E-state index in [1.807, 2.05) is 18.2 Å². The van der Waals surface area contributed by atoms with Gasteiger partial charge in [0.15, 0.2) is 0 Å². The van der Waals surface area contributed by atoms with Crippen molar-refractivity contribution in [1.29, 1.82) is 0 Å². The molecule has 0 aliphatic rings. The fourth-order valence-electron chi connectivity index (χ4n) is 3.24. The van der Waals surface area contributed by atoms with Crippen LogP contribution in [0.2, 0.25) is 0 Å². The number of benzene rings is 2. The third-order valence-electron chi connectivity index (χ3n) is 4.60. The van der Waals surface area contributed by atoms with Gasteiger partial charge in [0.05, 0.1) is 5.39 Å². The van der Waals surface area contributed by atoms with Crippen molar-refractivity contribution >= 4 is 44.9 Å². The van der Waals surface area contributed by atoms with Gasteiger partial charge in [-0.15, -0.1) is 11.3 Å². The van der Waals surface area contributed by atoms with Crippen molar-refractivity contribution in [3.05, 3.63) is 71.9 Å². The van der Waals surface area contributed by atoms with E-state index in [-0.39, 0.29) is 11.8 Å². The lowest BCUT2D eigenvalue weighted by Crippen LogP contribution is -2.29. The normalized spacial score (nSPS) is 10.6. The third kappa shape index (κ3) is 4.87. The van der Waals surface area contributed by atoms with Gasteiger partial charge in [-0.3, -0.25) is 9.59 Å². The molecule has 2 aromatic heterocycles. The maximum atomic E-state index is 12.4. The molecule has 31 heavy (non-hydrogen) atoms. The number of carbonyl (C=O) groups is 2. The number of hydrogen-bond donors (Lipinski definition) is 3. The molecular weight excluding hydrogens is 410 g/mol. The van der Waals surface area contributed by atoms with Gasteiger partial charge in [-0.05, 0) is 23.8 Å². The summed E-state index contributed by atoms with van der Waals surface area (Å²) in [5.74, 6) is 0.357. The number of rotatable bonds is 7. The van der Waals surface area contributed by atoms with E-state index in [0.717, 1.165) is 27.2 Å². The highest BCUT2D eigenvalue weighted by molar-refractivity contribution is 7.17. The predicted octanol–water partition coefficient (Wildman–Crippen LogP) is 4.16. The minimum absolute atomic E-state index is 0.179. The molecule has 0 fully saturated rings. The van der Waals surface area contributed by atoms with E-state index in [1.54, 1.807) is 41.9 Å². The largest absolute Gasteiger partial charge is 0.368 e. The Morgan fingerprint density at radius 2 is 1.84 bits per heavy atom. The summed E-state index contributed by atoms with van der Waals surface area (Å²) in [6, 6.07) is 17.0. The summed E-state index contributed by atoms with van der Waals surface area (Å²) in [5.41, 5.74) is 3.27. The highest BCUT2D eigenvalue weighted by Crippen LogP contribution is 2.36. The Labute approximate surface area is 183 Å². The standard InChI is InChI=1S/C23H21N5O2S/c1-15(29)28-18-9-5-8-17(12-18)22(30)25-11-10-24-21-20-19(16-6-3-2-4-7-16)13-31-23(20)27-14-26-21/h2-9,12-14H,10-11H2,1H3,(H,25,30)(H,28,29)(H,24,26,27). The molecule has 4 aromatic rings. The van der Waals surface area contributed by atoms with Crippen LogP contribution in [-0.2, 0) is 4.79 Å². The summed E-state index contributed by atoms with van der Waals surface area (Å²) in [4.78, 5) is 33.3. The van der Waals surface area contributed by atoms with Gasteiger partial charge in [-0.2, -0.15) is 0 Å². The Morgan fingerprint density at radius 1 is 1.00 bits per heavy atom. The van der Waals surface area contributed by atoms with Crippen LogP contribution in [0.4, 0.5) is 11.5 Å². The number of carbonyl (C=O) groups excluding carboxylic acids is 2. The average molecular weight is 432 g/mol. The molecule has 0 saturated heterocycles. The van der Waals surface area contributed by atoms with Gasteiger partial charge >= 0.3 is 0 Å². The first-order valence-corrected chi connectivity index (χ1v) is 10.7. The van der Waals surface area contributed by atoms with Crippen molar-refractivity contribution in [1.82, 2.24) is 15.3 Å². The smallest absolute Gasteiger partial charge is 0.251 e. The second-order valence-corrected chi connectivity index (χ2v) is 7.72. The molecular formula is C23H21N5O2S. The molecule has 7 nitrogen and oxygen atoms in total. The molecule has 2 heterocycles. The molecule has 0 spiro atoms. The topological polar surface area (TPSA) is 96.0 Å². The average Bonchev–Trinajstić information content (AvgIpc) is 3.22. The lowest BCUT2D eigenvalue weighted by atomic mass is 10.1. The number of nitrogens with one attached hydrogen (secondary N) is 3. The zero-order valence-corrected chi connectivity index (χ0v) is 17.7. The van der Waals surface area contributed by atoms with Gasteiger partial charge in [0, 0.05) is 42.2 Å². The number of amides is 2. The highest BCUT2D eigenvalue weighted by atomic mass is 32.1. The van der Waals surface area contributed by atoms with Crippen molar-refractivity contribution in [2.75, 3.05) is 23.7 Å². The lowest BCUT2D eigenvalue weighted by Gasteiger charge is -2.10. The minimum Gasteiger partial charge on any atom is -0.368 e. The summed E-state index contributed by atoms with van der Waals surface area (Å²) in [6.45, 7) is 2.35. The monoisotopic (exact) mass is 431 g/mol. The summed E-state index contributed by atoms with van der Waals surface area (Å²) in [6.07, 6.45) is 1.54. The van der Waals surface area contributed by atoms with Gasteiger partial charge in [0.1, 0.15) is 17.0 Å². The first-order valence-electron chi connectivity index (χ1n) is 9.79. The van der Waals surface area contributed by atoms with E-state index in [9.17, 15) is 9.59 Å². The number of thiophene rings is 1. The van der Waals surface area contributed by atoms with Crippen LogP contribution in [0.5, 0.6) is 0 Å². The number of fused-ring (bicyclic) bond motifs is 1. The molecule has 2 amide bonds. The van der Waals surface area contributed by atoms with Crippen LogP contribution in [0, 0.1) is 0 Å². The Kier molecular flexibility index (Phi) is 6.18. The Hall–Kier alpha value is -3.78. The fourth-order valence-corrected chi connectivity index (χ4v) is 4.16. The van der Waals surface area contributed by atoms with Gasteiger partial charge in [0.2, 0.25) is 5.91 Å². The molecule has 8 heteroatoms. The molecule has 4 rings (SSSR count). The van der Waals surface area contributed by atoms with Crippen LogP contribution in [0.1, 0.15) is 17.3 Å². The molecule has 3 N–H and O–H groups in total. The zero-order valence-electron chi connectivity index (χ0n) is 16.9. The van der Waals surface area contributed by atoms with E-state index in [1.165, 1.54) is 6.92 Å². The van der Waals surface area contributed by atoms with E-state index in [2.05, 4.69) is 43.4 Å². The summed E-state index contributed by atoms with van der Waals surface area (Å²) < 4.78 is 0. The molecule has 2 aromatic carbocycles. The summed E-state index contributed by atoms with van der Waals surface area (Å²) >= 11 is 1.58. The van der Waals surface area contributed by atoms with Crippen molar-refractivity contribution in [3.63, 3.8) is 0 Å². The Morgan fingerprint density at radius 3 is 2.65 bits per heavy atom. The lowest BCUT2D eigenvalue weighted by molar-refractivity contribution is -0.114. The number of hydrogen-bond acceptors (Lipinski definition) is 6. The molecule has 0 radical (unpaired) electrons. The van der Waals surface area contributed by atoms with Crippen LogP contribution in [-0.4, -0.2) is 34.9 Å². The second kappa shape index (κ2) is 9.36. The van der Waals surface area contributed by atoms with Crippen molar-refractivity contribution < 1.29 is 9.59 Å². The van der Waals surface area contributed by atoms with Crippen LogP contribution in [0.25, 0.3) is 21.3 Å². The second-order valence-electron chi connectivity index (χ2n) is 6.86. The maximum absolute atomic E-state index is 12.4. The molecule has 0 atom stereocenters. The van der Waals surface area contributed by atoms with Gasteiger partial charge < -0.3 is 16.0 Å². The number of anilines is 2. The molecule has 0 bridgehead atoms. The minimum atomic E-state index is -0.206. The molecule has 0 saturated carbocycles. The fraction of sp³-hybridized carbons (Fsp3) is 0.130. The van der Waals surface area contributed by atoms with Gasteiger partial charge in [-0.25, -0.2) is 9.97 Å². The van der Waals surface area contributed by atoms with E-state index < -0.39 is 0 Å². The first-order chi connectivity index (χ1) is 15.1. The van der Waals surface area contributed by atoms with Crippen molar-refractivity contribution in [2.45, 2.75) is 6.92 Å². The third-order valence-corrected chi connectivity index (χ3v) is 5.49. The van der Waals surface area contributed by atoms with E-state index in [4.69, 9.17) is 0 Å². The predicted molar refractivity (Wildman–Crippen MR) is 124 cm³/mol. The van der Waals surface area contributed by atoms with E-state index in [0.29, 0.717) is 24.3 Å². The van der Waals surface area contributed by atoms with Crippen molar-refractivity contribution in [2.24, 2.45) is 0 Å². The Balaban J connectivity index is 1.41. The molecule has 0 aliphatic heterocycles. The van der Waals surface area contributed by atoms with Crippen LogP contribution >= 0.6 is 11.3 Å². The quantitative estimate of drug-likeness (QED) is 0.382. The van der Waals surface area contributed by atoms with Crippen LogP contribution in [0.3, 0.4) is 0 Å². The molecule has 0 aliphatic carbocycles. The molecule has 156 valence electrons. The van der Waals surface area contributed by atoms with Crippen molar-refractivity contribution in [3.8, 4) is 11.1 Å².